The number of rotatable bonds is 2. The maximum atomic E-state index is 9.34. The summed E-state index contributed by atoms with van der Waals surface area (Å²) in [5.41, 5.74) is 8.69. The van der Waals surface area contributed by atoms with Gasteiger partial charge in [-0.3, -0.25) is 4.98 Å². The number of morpholine rings is 1. The van der Waals surface area contributed by atoms with Gasteiger partial charge in [0.15, 0.2) is 0 Å². The molecule has 1 aliphatic heterocycles. The molecule has 1 aromatic carbocycles. The fourth-order valence-corrected chi connectivity index (χ4v) is 2.78. The van der Waals surface area contributed by atoms with Crippen LogP contribution in [0, 0.1) is 0 Å². The van der Waals surface area contributed by atoms with Gasteiger partial charge in [-0.2, -0.15) is 0 Å². The number of nitrogen functional groups attached to an aromatic ring is 1. The molecule has 0 saturated carbocycles. The average molecular weight is 273 g/mol. The molecule has 1 aliphatic rings. The maximum Gasteiger partial charge on any atom is 0.0984 e. The Morgan fingerprint density at radius 1 is 1.40 bits per heavy atom. The molecular weight excluding hydrogens is 254 g/mol. The highest BCUT2D eigenvalue weighted by molar-refractivity contribution is 5.98. The molecule has 2 unspecified atom stereocenters. The number of aliphatic hydroxyl groups excluding tert-OH is 1. The summed E-state index contributed by atoms with van der Waals surface area (Å²) < 4.78 is 5.69. The number of anilines is 2. The number of fused-ring (bicyclic) bond motifs is 1. The fraction of sp³-hybridized carbons (Fsp3) is 0.400. The van der Waals surface area contributed by atoms with E-state index >= 15 is 0 Å². The highest BCUT2D eigenvalue weighted by Gasteiger charge is 2.26. The molecule has 3 N–H and O–H groups in total. The zero-order valence-electron chi connectivity index (χ0n) is 11.5. The molecule has 106 valence electrons. The number of nitrogens with two attached hydrogens (primary N) is 1. The summed E-state index contributed by atoms with van der Waals surface area (Å²) in [6.07, 6.45) is 1.70. The Bertz CT molecular complexity index is 617. The van der Waals surface area contributed by atoms with Gasteiger partial charge in [0, 0.05) is 30.4 Å². The third kappa shape index (κ3) is 2.30. The third-order valence-electron chi connectivity index (χ3n) is 3.65. The predicted octanol–water partition coefficient (Wildman–Crippen LogP) is 1.40. The summed E-state index contributed by atoms with van der Waals surface area (Å²) in [4.78, 5) is 6.68. The summed E-state index contributed by atoms with van der Waals surface area (Å²) in [7, 11) is 0. The van der Waals surface area contributed by atoms with Crippen LogP contribution >= 0.6 is 0 Å². The van der Waals surface area contributed by atoms with Gasteiger partial charge in [0.25, 0.3) is 0 Å². The molecule has 1 saturated heterocycles. The van der Waals surface area contributed by atoms with Gasteiger partial charge in [-0.05, 0) is 31.2 Å². The number of hydrogen-bond donors (Lipinski definition) is 2. The second kappa shape index (κ2) is 5.26. The number of nitrogens with zero attached hydrogens (tertiary/aromatic N) is 2. The Morgan fingerprint density at radius 2 is 2.25 bits per heavy atom. The van der Waals surface area contributed by atoms with Crippen molar-refractivity contribution >= 4 is 22.3 Å². The van der Waals surface area contributed by atoms with E-state index in [0.29, 0.717) is 6.54 Å². The van der Waals surface area contributed by atoms with Crippen molar-refractivity contribution < 1.29 is 9.84 Å². The lowest BCUT2D eigenvalue weighted by Gasteiger charge is -2.37. The third-order valence-corrected chi connectivity index (χ3v) is 3.65. The average Bonchev–Trinajstić information content (AvgIpc) is 2.47. The lowest BCUT2D eigenvalue weighted by Crippen LogP contribution is -2.48. The lowest BCUT2D eigenvalue weighted by molar-refractivity contribution is -0.0420. The van der Waals surface area contributed by atoms with Crippen molar-refractivity contribution in [3.8, 4) is 0 Å². The topological polar surface area (TPSA) is 71.6 Å². The van der Waals surface area contributed by atoms with Crippen molar-refractivity contribution in [3.63, 3.8) is 0 Å². The van der Waals surface area contributed by atoms with Crippen LogP contribution in [0.3, 0.4) is 0 Å². The lowest BCUT2D eigenvalue weighted by atomic mass is 10.1. The van der Waals surface area contributed by atoms with Crippen LogP contribution in [0.4, 0.5) is 11.4 Å². The molecule has 0 radical (unpaired) electrons. The number of aromatic nitrogens is 1. The fourth-order valence-electron chi connectivity index (χ4n) is 2.78. The molecule has 0 aliphatic carbocycles. The van der Waals surface area contributed by atoms with E-state index in [1.165, 1.54) is 0 Å². The molecule has 2 heterocycles. The Hall–Kier alpha value is -1.85. The van der Waals surface area contributed by atoms with Crippen molar-refractivity contribution in [1.29, 1.82) is 0 Å². The Balaban J connectivity index is 2.03. The normalized spacial score (nSPS) is 23.2. The SMILES string of the molecule is CC1CN(c2ccc(N)c3cccnc23)CC(CO)O1. The van der Waals surface area contributed by atoms with Crippen LogP contribution in [-0.2, 0) is 4.74 Å². The van der Waals surface area contributed by atoms with Gasteiger partial charge < -0.3 is 20.5 Å². The first kappa shape index (κ1) is 13.1. The van der Waals surface area contributed by atoms with Crippen LogP contribution in [0.5, 0.6) is 0 Å². The first-order valence-electron chi connectivity index (χ1n) is 6.83. The smallest absolute Gasteiger partial charge is 0.0984 e. The van der Waals surface area contributed by atoms with E-state index in [-0.39, 0.29) is 18.8 Å². The van der Waals surface area contributed by atoms with Gasteiger partial charge in [-0.1, -0.05) is 0 Å². The van der Waals surface area contributed by atoms with Gasteiger partial charge in [0.05, 0.1) is 30.0 Å². The van der Waals surface area contributed by atoms with E-state index in [0.717, 1.165) is 28.8 Å². The molecule has 2 atom stereocenters. The second-order valence-corrected chi connectivity index (χ2v) is 5.23. The van der Waals surface area contributed by atoms with Crippen LogP contribution in [0.2, 0.25) is 0 Å². The Labute approximate surface area is 118 Å². The van der Waals surface area contributed by atoms with E-state index < -0.39 is 0 Å². The van der Waals surface area contributed by atoms with Crippen molar-refractivity contribution in [2.24, 2.45) is 0 Å². The Morgan fingerprint density at radius 3 is 3.05 bits per heavy atom. The minimum absolute atomic E-state index is 0.0289. The van der Waals surface area contributed by atoms with E-state index in [1.807, 2.05) is 31.2 Å². The summed E-state index contributed by atoms with van der Waals surface area (Å²) in [5.74, 6) is 0. The highest BCUT2D eigenvalue weighted by Crippen LogP contribution is 2.30. The zero-order valence-corrected chi connectivity index (χ0v) is 11.5. The number of benzene rings is 1. The van der Waals surface area contributed by atoms with Crippen molar-refractivity contribution in [1.82, 2.24) is 4.98 Å². The van der Waals surface area contributed by atoms with Crippen LogP contribution in [0.25, 0.3) is 10.9 Å². The molecule has 5 heteroatoms. The van der Waals surface area contributed by atoms with Gasteiger partial charge in [0.1, 0.15) is 0 Å². The molecule has 2 aromatic rings. The summed E-state index contributed by atoms with van der Waals surface area (Å²) in [5, 5.41) is 10.3. The predicted molar refractivity (Wildman–Crippen MR) is 79.8 cm³/mol. The summed E-state index contributed by atoms with van der Waals surface area (Å²) in [6, 6.07) is 7.78. The van der Waals surface area contributed by atoms with Crippen LogP contribution in [0.15, 0.2) is 30.5 Å². The van der Waals surface area contributed by atoms with Gasteiger partial charge in [-0.25, -0.2) is 0 Å². The molecule has 1 aromatic heterocycles. The minimum Gasteiger partial charge on any atom is -0.398 e. The molecular formula is C15H19N3O2. The number of hydrogen-bond acceptors (Lipinski definition) is 5. The first-order valence-corrected chi connectivity index (χ1v) is 6.83. The van der Waals surface area contributed by atoms with Gasteiger partial charge in [0.2, 0.25) is 0 Å². The van der Waals surface area contributed by atoms with E-state index in [2.05, 4.69) is 9.88 Å². The monoisotopic (exact) mass is 273 g/mol. The first-order chi connectivity index (χ1) is 9.69. The van der Waals surface area contributed by atoms with Crippen LogP contribution in [0.1, 0.15) is 6.92 Å². The van der Waals surface area contributed by atoms with E-state index in [1.54, 1.807) is 6.20 Å². The molecule has 20 heavy (non-hydrogen) atoms. The Kier molecular flexibility index (Phi) is 3.46. The molecule has 0 amide bonds. The van der Waals surface area contributed by atoms with Gasteiger partial charge in [-0.15, -0.1) is 0 Å². The van der Waals surface area contributed by atoms with Crippen LogP contribution < -0.4 is 10.6 Å². The highest BCUT2D eigenvalue weighted by atomic mass is 16.5. The van der Waals surface area contributed by atoms with Crippen molar-refractivity contribution in [3.05, 3.63) is 30.5 Å². The van der Waals surface area contributed by atoms with Crippen molar-refractivity contribution in [2.45, 2.75) is 19.1 Å². The van der Waals surface area contributed by atoms with E-state index in [9.17, 15) is 5.11 Å². The van der Waals surface area contributed by atoms with Crippen molar-refractivity contribution in [2.75, 3.05) is 30.3 Å². The van der Waals surface area contributed by atoms with Crippen LogP contribution in [-0.4, -0.2) is 42.0 Å². The van der Waals surface area contributed by atoms with Gasteiger partial charge >= 0.3 is 0 Å². The maximum absolute atomic E-state index is 9.34. The quantitative estimate of drug-likeness (QED) is 0.809. The summed E-state index contributed by atoms with van der Waals surface area (Å²) >= 11 is 0. The zero-order chi connectivity index (χ0) is 14.1. The molecule has 5 nitrogen and oxygen atoms in total. The minimum atomic E-state index is -0.157. The number of aliphatic hydroxyl groups is 1. The molecule has 1 fully saturated rings. The second-order valence-electron chi connectivity index (χ2n) is 5.23. The standard InChI is InChI=1S/C15H19N3O2/c1-10-7-18(8-11(9-19)20-10)14-5-4-13(16)12-3-2-6-17-15(12)14/h2-6,10-11,19H,7-9,16H2,1H3. The molecule has 3 rings (SSSR count). The number of pyridine rings is 1. The largest absolute Gasteiger partial charge is 0.398 e. The molecule has 0 bridgehead atoms. The number of ether oxygens (including phenoxy) is 1. The molecule has 0 spiro atoms. The summed E-state index contributed by atoms with van der Waals surface area (Å²) in [6.45, 7) is 3.49. The van der Waals surface area contributed by atoms with E-state index in [4.69, 9.17) is 10.5 Å².